The van der Waals surface area contributed by atoms with Gasteiger partial charge in [0.1, 0.15) is 11.9 Å². The molecule has 1 spiro atoms. The molecule has 0 aromatic carbocycles. The molecule has 0 heterocycles. The molecule has 6 atom stereocenters. The van der Waals surface area contributed by atoms with E-state index < -0.39 is 11.5 Å². The molecule has 0 radical (unpaired) electrons. The van der Waals surface area contributed by atoms with Gasteiger partial charge < -0.3 is 5.11 Å². The van der Waals surface area contributed by atoms with Crippen molar-refractivity contribution >= 4 is 11.6 Å². The Bertz CT molecular complexity index is 618. The standard InChI is InChI=1S/C20H28O3/c1-11-10-20-8-5-13-18(2,3)15(21)6-7-19(13,4)14(20)9-12(11)16(22)17(20)23/h12-14,16,22H,1,5-10H2,2-4H3/t12?,13-,14+,16?,19-,20+/m1/s1. The summed E-state index contributed by atoms with van der Waals surface area (Å²) in [7, 11) is 0. The van der Waals surface area contributed by atoms with Crippen molar-refractivity contribution in [3.05, 3.63) is 12.2 Å². The van der Waals surface area contributed by atoms with Crippen LogP contribution in [0.3, 0.4) is 0 Å². The average molecular weight is 316 g/mol. The van der Waals surface area contributed by atoms with Crippen molar-refractivity contribution in [2.45, 2.75) is 65.4 Å². The number of ketones is 2. The third-order valence-corrected chi connectivity index (χ3v) is 8.32. The van der Waals surface area contributed by atoms with Crippen molar-refractivity contribution in [3.63, 3.8) is 0 Å². The molecule has 5 aliphatic carbocycles. The van der Waals surface area contributed by atoms with Gasteiger partial charge in [0.25, 0.3) is 0 Å². The maximum atomic E-state index is 13.0. The summed E-state index contributed by atoms with van der Waals surface area (Å²) in [5, 5.41) is 10.4. The van der Waals surface area contributed by atoms with E-state index >= 15 is 0 Å². The van der Waals surface area contributed by atoms with E-state index in [9.17, 15) is 14.7 Å². The van der Waals surface area contributed by atoms with Crippen LogP contribution in [0.25, 0.3) is 0 Å². The molecule has 3 heteroatoms. The molecule has 23 heavy (non-hydrogen) atoms. The van der Waals surface area contributed by atoms with Gasteiger partial charge in [-0.05, 0) is 49.4 Å². The van der Waals surface area contributed by atoms with Crippen LogP contribution in [0.4, 0.5) is 0 Å². The number of hydrogen-bond donors (Lipinski definition) is 1. The molecule has 1 N–H and O–H groups in total. The van der Waals surface area contributed by atoms with Crippen molar-refractivity contribution < 1.29 is 14.7 Å². The van der Waals surface area contributed by atoms with Crippen LogP contribution in [-0.4, -0.2) is 22.8 Å². The minimum absolute atomic E-state index is 0.0322. The van der Waals surface area contributed by atoms with Crippen molar-refractivity contribution in [3.8, 4) is 0 Å². The molecule has 5 saturated carbocycles. The Morgan fingerprint density at radius 1 is 1.13 bits per heavy atom. The Kier molecular flexibility index (Phi) is 2.95. The maximum absolute atomic E-state index is 13.0. The van der Waals surface area contributed by atoms with Crippen molar-refractivity contribution in [1.82, 2.24) is 0 Å². The van der Waals surface area contributed by atoms with Gasteiger partial charge in [0.15, 0.2) is 5.78 Å². The zero-order chi connectivity index (χ0) is 16.8. The topological polar surface area (TPSA) is 54.4 Å². The number of carbonyl (C=O) groups is 2. The Balaban J connectivity index is 1.81. The van der Waals surface area contributed by atoms with Crippen LogP contribution < -0.4 is 0 Å². The molecule has 3 nitrogen and oxygen atoms in total. The normalized spacial score (nSPS) is 51.4. The Morgan fingerprint density at radius 2 is 1.83 bits per heavy atom. The van der Waals surface area contributed by atoms with Crippen molar-refractivity contribution in [1.29, 1.82) is 0 Å². The lowest BCUT2D eigenvalue weighted by Gasteiger charge is -2.67. The number of hydrogen-bond acceptors (Lipinski definition) is 3. The minimum Gasteiger partial charge on any atom is -0.385 e. The van der Waals surface area contributed by atoms with E-state index in [1.807, 2.05) is 0 Å². The molecule has 0 aliphatic heterocycles. The highest BCUT2D eigenvalue weighted by atomic mass is 16.3. The van der Waals surface area contributed by atoms with E-state index in [1.54, 1.807) is 0 Å². The smallest absolute Gasteiger partial charge is 0.168 e. The lowest BCUT2D eigenvalue weighted by molar-refractivity contribution is -0.194. The third-order valence-electron chi connectivity index (χ3n) is 8.32. The molecule has 0 aromatic heterocycles. The Morgan fingerprint density at radius 3 is 2.52 bits per heavy atom. The summed E-state index contributed by atoms with van der Waals surface area (Å²) < 4.78 is 0. The van der Waals surface area contributed by atoms with Gasteiger partial charge in [-0.3, -0.25) is 9.59 Å². The highest BCUT2D eigenvalue weighted by molar-refractivity contribution is 5.93. The van der Waals surface area contributed by atoms with E-state index in [0.29, 0.717) is 24.0 Å². The van der Waals surface area contributed by atoms with Crippen molar-refractivity contribution in [2.75, 3.05) is 0 Å². The number of aliphatic hydroxyl groups excluding tert-OH is 1. The molecule has 2 unspecified atom stereocenters. The van der Waals surface area contributed by atoms with Gasteiger partial charge in [-0.1, -0.05) is 32.9 Å². The second-order valence-electron chi connectivity index (χ2n) is 9.44. The highest BCUT2D eigenvalue weighted by Crippen LogP contribution is 2.70. The fourth-order valence-electron chi connectivity index (χ4n) is 7.09. The zero-order valence-corrected chi connectivity index (χ0v) is 14.5. The summed E-state index contributed by atoms with van der Waals surface area (Å²) in [6.07, 6.45) is 4.06. The predicted molar refractivity (Wildman–Crippen MR) is 87.7 cm³/mol. The Hall–Kier alpha value is -0.960. The van der Waals surface area contributed by atoms with E-state index in [-0.39, 0.29) is 22.5 Å². The van der Waals surface area contributed by atoms with E-state index in [0.717, 1.165) is 37.7 Å². The minimum atomic E-state index is -0.842. The van der Waals surface area contributed by atoms with Crippen LogP contribution >= 0.6 is 0 Å². The zero-order valence-electron chi connectivity index (χ0n) is 14.5. The summed E-state index contributed by atoms with van der Waals surface area (Å²) in [6, 6.07) is 0. The fraction of sp³-hybridized carbons (Fsp3) is 0.800. The monoisotopic (exact) mass is 316 g/mol. The largest absolute Gasteiger partial charge is 0.385 e. The van der Waals surface area contributed by atoms with E-state index in [2.05, 4.69) is 27.4 Å². The quantitative estimate of drug-likeness (QED) is 0.698. The van der Waals surface area contributed by atoms with E-state index in [4.69, 9.17) is 0 Å². The first-order valence-electron chi connectivity index (χ1n) is 9.08. The third kappa shape index (κ3) is 1.65. The lowest BCUT2D eigenvalue weighted by Crippen LogP contribution is -2.67. The Labute approximate surface area is 138 Å². The van der Waals surface area contributed by atoms with Crippen LogP contribution in [0.1, 0.15) is 59.3 Å². The number of aliphatic hydroxyl groups is 1. The first-order chi connectivity index (χ1) is 10.6. The summed E-state index contributed by atoms with van der Waals surface area (Å²) in [5.74, 6) is 1.04. The molecule has 5 rings (SSSR count). The van der Waals surface area contributed by atoms with Gasteiger partial charge >= 0.3 is 0 Å². The molecule has 0 amide bonds. The SMILES string of the molecule is C=C1C[C@@]23CC[C@@H]4C(C)(C)C(=O)CC[C@@]4(C)[C@@H]2CC1C(O)C3=O. The van der Waals surface area contributed by atoms with Gasteiger partial charge in [-0.15, -0.1) is 0 Å². The molecule has 2 bridgehead atoms. The van der Waals surface area contributed by atoms with Crippen LogP contribution in [0.2, 0.25) is 0 Å². The van der Waals surface area contributed by atoms with Gasteiger partial charge in [-0.2, -0.15) is 0 Å². The molecular formula is C20H28O3. The van der Waals surface area contributed by atoms with Gasteiger partial charge in [-0.25, -0.2) is 0 Å². The van der Waals surface area contributed by atoms with Gasteiger partial charge in [0, 0.05) is 23.2 Å². The first kappa shape index (κ1) is 15.6. The molecular weight excluding hydrogens is 288 g/mol. The maximum Gasteiger partial charge on any atom is 0.168 e. The molecule has 5 fully saturated rings. The fourth-order valence-corrected chi connectivity index (χ4v) is 7.09. The molecule has 0 aromatic rings. The second-order valence-corrected chi connectivity index (χ2v) is 9.44. The first-order valence-corrected chi connectivity index (χ1v) is 9.08. The van der Waals surface area contributed by atoms with Crippen LogP contribution in [-0.2, 0) is 9.59 Å². The number of fused-ring (bicyclic) bond motifs is 3. The number of Topliss-reactive ketones (excluding diaryl/α,β-unsaturated/α-hetero) is 2. The van der Waals surface area contributed by atoms with Crippen LogP contribution in [0, 0.1) is 34.0 Å². The lowest BCUT2D eigenvalue weighted by atomic mass is 9.36. The van der Waals surface area contributed by atoms with Crippen LogP contribution in [0.5, 0.6) is 0 Å². The van der Waals surface area contributed by atoms with Gasteiger partial charge in [0.2, 0.25) is 0 Å². The van der Waals surface area contributed by atoms with Gasteiger partial charge in [0.05, 0.1) is 0 Å². The van der Waals surface area contributed by atoms with E-state index in [1.165, 1.54) is 0 Å². The molecule has 5 aliphatic rings. The summed E-state index contributed by atoms with van der Waals surface area (Å²) in [6.45, 7) is 10.7. The summed E-state index contributed by atoms with van der Waals surface area (Å²) >= 11 is 0. The highest BCUT2D eigenvalue weighted by Gasteiger charge is 2.69. The summed E-state index contributed by atoms with van der Waals surface area (Å²) in [4.78, 5) is 25.5. The average Bonchev–Trinajstić information content (AvgIpc) is 2.48. The number of rotatable bonds is 0. The summed E-state index contributed by atoms with van der Waals surface area (Å²) in [5.41, 5.74) is 0.406. The van der Waals surface area contributed by atoms with Crippen molar-refractivity contribution in [2.24, 2.45) is 34.0 Å². The predicted octanol–water partition coefficient (Wildman–Crippen LogP) is 3.30. The van der Waals surface area contributed by atoms with Crippen LogP contribution in [0.15, 0.2) is 12.2 Å². The molecule has 126 valence electrons. The molecule has 0 saturated heterocycles. The second kappa shape index (κ2) is 4.36. The number of carbonyl (C=O) groups excluding carboxylic acids is 2.